The first-order valence-corrected chi connectivity index (χ1v) is 5.41. The van der Waals surface area contributed by atoms with Gasteiger partial charge in [-0.2, -0.15) is 5.26 Å². The molecular formula is C12H17N3O. The van der Waals surface area contributed by atoms with E-state index >= 15 is 0 Å². The fourth-order valence-electron chi connectivity index (χ4n) is 1.26. The minimum atomic E-state index is -0.331. The van der Waals surface area contributed by atoms with E-state index in [1.54, 1.807) is 18.5 Å². The van der Waals surface area contributed by atoms with Gasteiger partial charge >= 0.3 is 0 Å². The van der Waals surface area contributed by atoms with Crippen molar-refractivity contribution in [2.75, 3.05) is 6.61 Å². The smallest absolute Gasteiger partial charge is 0.155 e. The van der Waals surface area contributed by atoms with Gasteiger partial charge in [-0.1, -0.05) is 13.8 Å². The molecule has 0 atom stereocenters. The summed E-state index contributed by atoms with van der Waals surface area (Å²) < 4.78 is 5.56. The molecule has 2 N–H and O–H groups in total. The van der Waals surface area contributed by atoms with Gasteiger partial charge in [0.1, 0.15) is 12.7 Å². The van der Waals surface area contributed by atoms with Crippen molar-refractivity contribution in [3.63, 3.8) is 0 Å². The predicted octanol–water partition coefficient (Wildman–Crippen LogP) is 1.85. The molecular weight excluding hydrogens is 202 g/mol. The van der Waals surface area contributed by atoms with Gasteiger partial charge in [0.25, 0.3) is 0 Å². The van der Waals surface area contributed by atoms with E-state index in [1.807, 2.05) is 13.8 Å². The van der Waals surface area contributed by atoms with Crippen molar-refractivity contribution in [2.24, 2.45) is 5.73 Å². The van der Waals surface area contributed by atoms with Crippen LogP contribution in [0, 0.1) is 11.3 Å². The highest BCUT2D eigenvalue weighted by Gasteiger charge is 2.21. The molecule has 1 aromatic heterocycles. The van der Waals surface area contributed by atoms with E-state index in [9.17, 15) is 0 Å². The predicted molar refractivity (Wildman–Crippen MR) is 61.9 cm³/mol. The van der Waals surface area contributed by atoms with Gasteiger partial charge in [-0.25, -0.2) is 0 Å². The molecule has 0 radical (unpaired) electrons. The molecule has 86 valence electrons. The molecule has 0 amide bonds. The molecule has 0 saturated heterocycles. The highest BCUT2D eigenvalue weighted by Crippen LogP contribution is 2.18. The Morgan fingerprint density at radius 3 is 2.75 bits per heavy atom. The third kappa shape index (κ3) is 2.94. The second kappa shape index (κ2) is 5.47. The van der Waals surface area contributed by atoms with E-state index in [-0.39, 0.29) is 5.54 Å². The van der Waals surface area contributed by atoms with Gasteiger partial charge in [-0.05, 0) is 18.9 Å². The van der Waals surface area contributed by atoms with E-state index in [0.29, 0.717) is 17.9 Å². The van der Waals surface area contributed by atoms with Gasteiger partial charge in [0.05, 0.1) is 11.8 Å². The van der Waals surface area contributed by atoms with Gasteiger partial charge in [-0.15, -0.1) is 0 Å². The Kier molecular flexibility index (Phi) is 4.27. The number of hydrogen-bond donors (Lipinski definition) is 1. The number of nitrogens with two attached hydrogens (primary N) is 1. The summed E-state index contributed by atoms with van der Waals surface area (Å²) in [5, 5.41) is 8.87. The van der Waals surface area contributed by atoms with Crippen molar-refractivity contribution < 1.29 is 4.74 Å². The average Bonchev–Trinajstić information content (AvgIpc) is 2.36. The number of ether oxygens (including phenoxy) is 1. The molecule has 0 aromatic carbocycles. The molecule has 0 aliphatic rings. The first-order valence-electron chi connectivity index (χ1n) is 5.41. The lowest BCUT2D eigenvalue weighted by Crippen LogP contribution is -2.44. The van der Waals surface area contributed by atoms with Crippen molar-refractivity contribution in [3.05, 3.63) is 24.0 Å². The van der Waals surface area contributed by atoms with Crippen molar-refractivity contribution in [1.29, 1.82) is 5.26 Å². The normalized spacial score (nSPS) is 10.9. The van der Waals surface area contributed by atoms with Gasteiger partial charge in [0.2, 0.25) is 0 Å². The Bertz CT molecular complexity index is 380. The molecule has 4 heteroatoms. The van der Waals surface area contributed by atoms with Crippen molar-refractivity contribution >= 4 is 0 Å². The first kappa shape index (κ1) is 12.5. The third-order valence-corrected chi connectivity index (χ3v) is 2.83. The van der Waals surface area contributed by atoms with E-state index in [2.05, 4.69) is 11.1 Å². The number of aromatic nitrogens is 1. The van der Waals surface area contributed by atoms with Crippen LogP contribution in [0.25, 0.3) is 0 Å². The zero-order chi connectivity index (χ0) is 12.0. The van der Waals surface area contributed by atoms with E-state index in [0.717, 1.165) is 12.8 Å². The molecule has 0 unspecified atom stereocenters. The Morgan fingerprint density at radius 2 is 2.19 bits per heavy atom. The molecule has 1 aromatic rings. The maximum Gasteiger partial charge on any atom is 0.155 e. The lowest BCUT2D eigenvalue weighted by atomic mass is 9.96. The highest BCUT2D eigenvalue weighted by atomic mass is 16.5. The lowest BCUT2D eigenvalue weighted by Gasteiger charge is -2.26. The monoisotopic (exact) mass is 219 g/mol. The largest absolute Gasteiger partial charge is 0.489 e. The van der Waals surface area contributed by atoms with Crippen LogP contribution >= 0.6 is 0 Å². The van der Waals surface area contributed by atoms with Crippen LogP contribution < -0.4 is 10.5 Å². The molecule has 0 fully saturated rings. The summed E-state index contributed by atoms with van der Waals surface area (Å²) in [6, 6.07) is 3.69. The summed E-state index contributed by atoms with van der Waals surface area (Å²) in [7, 11) is 0. The maximum absolute atomic E-state index is 8.87. The minimum Gasteiger partial charge on any atom is -0.489 e. The molecule has 4 nitrogen and oxygen atoms in total. The van der Waals surface area contributed by atoms with Crippen LogP contribution in [0.2, 0.25) is 0 Å². The second-order valence-electron chi connectivity index (χ2n) is 3.84. The summed E-state index contributed by atoms with van der Waals surface area (Å²) in [6.07, 6.45) is 4.79. The summed E-state index contributed by atoms with van der Waals surface area (Å²) in [4.78, 5) is 3.93. The maximum atomic E-state index is 8.87. The molecule has 0 aliphatic heterocycles. The van der Waals surface area contributed by atoms with Gasteiger partial charge in [0, 0.05) is 11.7 Å². The Morgan fingerprint density at radius 1 is 1.50 bits per heavy atom. The fourth-order valence-corrected chi connectivity index (χ4v) is 1.26. The molecule has 1 heterocycles. The summed E-state index contributed by atoms with van der Waals surface area (Å²) in [6.45, 7) is 4.46. The minimum absolute atomic E-state index is 0.331. The van der Waals surface area contributed by atoms with Crippen molar-refractivity contribution in [2.45, 2.75) is 32.2 Å². The number of hydrogen-bond acceptors (Lipinski definition) is 4. The Labute approximate surface area is 96.1 Å². The summed E-state index contributed by atoms with van der Waals surface area (Å²) in [5.74, 6) is 0.502. The van der Waals surface area contributed by atoms with Crippen LogP contribution in [0.1, 0.15) is 32.3 Å². The number of rotatable bonds is 5. The molecule has 0 bridgehead atoms. The van der Waals surface area contributed by atoms with E-state index in [1.165, 1.54) is 0 Å². The van der Waals surface area contributed by atoms with Gasteiger partial charge in [0.15, 0.2) is 5.75 Å². The zero-order valence-electron chi connectivity index (χ0n) is 9.73. The van der Waals surface area contributed by atoms with E-state index < -0.39 is 0 Å². The van der Waals surface area contributed by atoms with E-state index in [4.69, 9.17) is 15.7 Å². The highest BCUT2D eigenvalue weighted by molar-refractivity contribution is 5.40. The van der Waals surface area contributed by atoms with Crippen LogP contribution in [0.3, 0.4) is 0 Å². The van der Waals surface area contributed by atoms with Crippen LogP contribution in [0.15, 0.2) is 18.5 Å². The Balaban J connectivity index is 2.72. The molecule has 0 spiro atoms. The molecule has 1 rings (SSSR count). The quantitative estimate of drug-likeness (QED) is 0.820. The topological polar surface area (TPSA) is 71.9 Å². The fraction of sp³-hybridized carbons (Fsp3) is 0.500. The second-order valence-corrected chi connectivity index (χ2v) is 3.84. The first-order chi connectivity index (χ1) is 7.65. The molecule has 0 saturated carbocycles. The molecule has 16 heavy (non-hydrogen) atoms. The summed E-state index contributed by atoms with van der Waals surface area (Å²) in [5.41, 5.74) is 6.27. The number of nitriles is 1. The summed E-state index contributed by atoms with van der Waals surface area (Å²) >= 11 is 0. The number of nitrogens with zero attached hydrogens (tertiary/aromatic N) is 2. The van der Waals surface area contributed by atoms with Crippen LogP contribution in [0.4, 0.5) is 0 Å². The van der Waals surface area contributed by atoms with Gasteiger partial charge < -0.3 is 10.5 Å². The van der Waals surface area contributed by atoms with Crippen LogP contribution in [-0.2, 0) is 0 Å². The van der Waals surface area contributed by atoms with Crippen molar-refractivity contribution in [3.8, 4) is 11.8 Å². The van der Waals surface area contributed by atoms with Crippen LogP contribution in [0.5, 0.6) is 5.75 Å². The Hall–Kier alpha value is -1.60. The van der Waals surface area contributed by atoms with Gasteiger partial charge in [-0.3, -0.25) is 4.98 Å². The SMILES string of the molecule is CCC(N)(CC)COc1cnccc1C#N. The average molecular weight is 219 g/mol. The number of pyridine rings is 1. The zero-order valence-corrected chi connectivity index (χ0v) is 9.73. The van der Waals surface area contributed by atoms with Crippen molar-refractivity contribution in [1.82, 2.24) is 4.98 Å². The standard InChI is InChI=1S/C12H17N3O/c1-3-12(14,4-2)9-16-11-8-15-6-5-10(11)7-13/h5-6,8H,3-4,9,14H2,1-2H3. The molecule has 0 aliphatic carbocycles. The lowest BCUT2D eigenvalue weighted by molar-refractivity contribution is 0.206. The van der Waals surface area contributed by atoms with Crippen LogP contribution in [-0.4, -0.2) is 17.1 Å². The third-order valence-electron chi connectivity index (χ3n) is 2.83.